The van der Waals surface area contributed by atoms with Gasteiger partial charge in [-0.2, -0.15) is 0 Å². The molecule has 3 nitrogen and oxygen atoms in total. The van der Waals surface area contributed by atoms with Crippen LogP contribution in [0, 0.1) is 5.92 Å². The van der Waals surface area contributed by atoms with Gasteiger partial charge in [0.2, 0.25) is 0 Å². The van der Waals surface area contributed by atoms with E-state index in [-0.39, 0.29) is 0 Å². The van der Waals surface area contributed by atoms with Crippen molar-refractivity contribution in [3.05, 3.63) is 18.3 Å². The molecule has 0 spiro atoms. The Kier molecular flexibility index (Phi) is 3.43. The minimum absolute atomic E-state index is 0.774. The molecule has 0 radical (unpaired) electrons. The molecule has 15 heavy (non-hydrogen) atoms. The summed E-state index contributed by atoms with van der Waals surface area (Å²) in [4.78, 5) is 4.23. The van der Waals surface area contributed by atoms with Crippen LogP contribution < -0.4 is 11.1 Å². The second kappa shape index (κ2) is 5.01. The van der Waals surface area contributed by atoms with Gasteiger partial charge < -0.3 is 11.1 Å². The van der Waals surface area contributed by atoms with Crippen LogP contribution in [0.4, 0.5) is 11.5 Å². The average molecular weight is 205 g/mol. The molecule has 1 heterocycles. The molecule has 3 heteroatoms. The highest BCUT2D eigenvalue weighted by Crippen LogP contribution is 2.23. The Morgan fingerprint density at radius 1 is 1.33 bits per heavy atom. The molecule has 82 valence electrons. The van der Waals surface area contributed by atoms with Crippen LogP contribution in [0.2, 0.25) is 0 Å². The van der Waals surface area contributed by atoms with Crippen molar-refractivity contribution in [2.75, 3.05) is 17.6 Å². The zero-order chi connectivity index (χ0) is 10.5. The Labute approximate surface area is 91.1 Å². The number of hydrogen-bond acceptors (Lipinski definition) is 3. The third-order valence-electron chi connectivity index (χ3n) is 3.08. The summed E-state index contributed by atoms with van der Waals surface area (Å²) in [7, 11) is 0. The van der Waals surface area contributed by atoms with Gasteiger partial charge in [0.25, 0.3) is 0 Å². The van der Waals surface area contributed by atoms with E-state index >= 15 is 0 Å². The maximum atomic E-state index is 5.69. The van der Waals surface area contributed by atoms with E-state index < -0.39 is 0 Å². The molecule has 1 fully saturated rings. The zero-order valence-electron chi connectivity index (χ0n) is 9.08. The van der Waals surface area contributed by atoms with Crippen molar-refractivity contribution >= 4 is 11.5 Å². The van der Waals surface area contributed by atoms with E-state index in [2.05, 4.69) is 10.3 Å². The van der Waals surface area contributed by atoms with Gasteiger partial charge in [-0.25, -0.2) is 4.98 Å². The number of anilines is 2. The molecule has 0 aromatic carbocycles. The van der Waals surface area contributed by atoms with E-state index in [1.165, 1.54) is 32.1 Å². The molecular weight excluding hydrogens is 186 g/mol. The summed E-state index contributed by atoms with van der Waals surface area (Å²) in [5.74, 6) is 1.72. The number of rotatable bonds is 3. The molecule has 0 aliphatic heterocycles. The molecule has 2 rings (SSSR count). The highest BCUT2D eigenvalue weighted by molar-refractivity contribution is 5.48. The first-order valence-corrected chi connectivity index (χ1v) is 5.80. The van der Waals surface area contributed by atoms with Crippen molar-refractivity contribution in [3.8, 4) is 0 Å². The molecule has 0 unspecified atom stereocenters. The molecular formula is C12H19N3. The molecule has 0 saturated heterocycles. The Balaban J connectivity index is 1.81. The Hall–Kier alpha value is -1.25. The zero-order valence-corrected chi connectivity index (χ0v) is 9.08. The van der Waals surface area contributed by atoms with E-state index in [0.29, 0.717) is 0 Å². The van der Waals surface area contributed by atoms with E-state index in [0.717, 1.165) is 24.0 Å². The van der Waals surface area contributed by atoms with Gasteiger partial charge in [0, 0.05) is 24.5 Å². The van der Waals surface area contributed by atoms with Gasteiger partial charge in [0.05, 0.1) is 0 Å². The number of nitrogen functional groups attached to an aromatic ring is 1. The topological polar surface area (TPSA) is 50.9 Å². The smallest absolute Gasteiger partial charge is 0.127 e. The molecule has 1 aromatic rings. The van der Waals surface area contributed by atoms with Crippen LogP contribution in [0.1, 0.15) is 32.1 Å². The lowest BCUT2D eigenvalue weighted by Gasteiger charge is -2.21. The minimum atomic E-state index is 0.774. The van der Waals surface area contributed by atoms with Crippen LogP contribution in [-0.4, -0.2) is 11.5 Å². The molecule has 1 aliphatic carbocycles. The van der Waals surface area contributed by atoms with Crippen molar-refractivity contribution in [2.24, 2.45) is 5.92 Å². The van der Waals surface area contributed by atoms with Crippen LogP contribution >= 0.6 is 0 Å². The van der Waals surface area contributed by atoms with Crippen molar-refractivity contribution < 1.29 is 0 Å². The molecule has 1 aliphatic rings. The highest BCUT2D eigenvalue weighted by atomic mass is 15.0. The van der Waals surface area contributed by atoms with Crippen LogP contribution in [0.15, 0.2) is 18.3 Å². The fraction of sp³-hybridized carbons (Fsp3) is 0.583. The summed E-state index contributed by atoms with van der Waals surface area (Å²) in [5.41, 5.74) is 6.46. The van der Waals surface area contributed by atoms with Crippen LogP contribution in [0.3, 0.4) is 0 Å². The molecule has 0 bridgehead atoms. The average Bonchev–Trinajstić information content (AvgIpc) is 2.28. The number of pyridine rings is 1. The third-order valence-corrected chi connectivity index (χ3v) is 3.08. The second-order valence-electron chi connectivity index (χ2n) is 4.36. The van der Waals surface area contributed by atoms with Gasteiger partial charge in [0.1, 0.15) is 5.82 Å². The first-order valence-electron chi connectivity index (χ1n) is 5.80. The Bertz CT molecular complexity index is 305. The van der Waals surface area contributed by atoms with E-state index in [1.807, 2.05) is 12.1 Å². The number of aromatic nitrogens is 1. The SMILES string of the molecule is Nc1ccnc(NCC2CCCCC2)c1. The monoisotopic (exact) mass is 205 g/mol. The summed E-state index contributed by atoms with van der Waals surface area (Å²) in [6.45, 7) is 1.04. The van der Waals surface area contributed by atoms with Crippen LogP contribution in [-0.2, 0) is 0 Å². The first-order chi connectivity index (χ1) is 7.34. The van der Waals surface area contributed by atoms with Crippen LogP contribution in [0.5, 0.6) is 0 Å². The molecule has 3 N–H and O–H groups in total. The van der Waals surface area contributed by atoms with Gasteiger partial charge in [-0.15, -0.1) is 0 Å². The first kappa shape index (κ1) is 10.3. The standard InChI is InChI=1S/C12H19N3/c13-11-6-7-14-12(8-11)15-9-10-4-2-1-3-5-10/h6-8,10H,1-5,9H2,(H3,13,14,15). The fourth-order valence-electron chi connectivity index (χ4n) is 2.18. The summed E-state index contributed by atoms with van der Waals surface area (Å²) in [6, 6.07) is 3.70. The molecule has 1 aromatic heterocycles. The normalized spacial score (nSPS) is 17.6. The number of nitrogens with zero attached hydrogens (tertiary/aromatic N) is 1. The maximum Gasteiger partial charge on any atom is 0.127 e. The van der Waals surface area contributed by atoms with Crippen molar-refractivity contribution in [3.63, 3.8) is 0 Å². The van der Waals surface area contributed by atoms with Crippen molar-refractivity contribution in [1.82, 2.24) is 4.98 Å². The second-order valence-corrected chi connectivity index (χ2v) is 4.36. The predicted octanol–water partition coefficient (Wildman–Crippen LogP) is 2.66. The number of hydrogen-bond donors (Lipinski definition) is 2. The lowest BCUT2D eigenvalue weighted by atomic mass is 9.89. The van der Waals surface area contributed by atoms with Crippen molar-refractivity contribution in [2.45, 2.75) is 32.1 Å². The predicted molar refractivity (Wildman–Crippen MR) is 63.7 cm³/mol. The van der Waals surface area contributed by atoms with Gasteiger partial charge in [0.15, 0.2) is 0 Å². The highest BCUT2D eigenvalue weighted by Gasteiger charge is 2.12. The molecule has 0 atom stereocenters. The van der Waals surface area contributed by atoms with Crippen molar-refractivity contribution in [1.29, 1.82) is 0 Å². The Morgan fingerprint density at radius 3 is 2.87 bits per heavy atom. The fourth-order valence-corrected chi connectivity index (χ4v) is 2.18. The minimum Gasteiger partial charge on any atom is -0.399 e. The molecule has 1 saturated carbocycles. The van der Waals surface area contributed by atoms with Gasteiger partial charge >= 0.3 is 0 Å². The van der Waals surface area contributed by atoms with Gasteiger partial charge in [-0.1, -0.05) is 19.3 Å². The van der Waals surface area contributed by atoms with E-state index in [9.17, 15) is 0 Å². The lowest BCUT2D eigenvalue weighted by Crippen LogP contribution is -2.17. The van der Waals surface area contributed by atoms with Crippen LogP contribution in [0.25, 0.3) is 0 Å². The number of nitrogens with one attached hydrogen (secondary N) is 1. The van der Waals surface area contributed by atoms with E-state index in [4.69, 9.17) is 5.73 Å². The summed E-state index contributed by atoms with van der Waals surface area (Å²) >= 11 is 0. The Morgan fingerprint density at radius 2 is 2.13 bits per heavy atom. The lowest BCUT2D eigenvalue weighted by molar-refractivity contribution is 0.373. The van der Waals surface area contributed by atoms with Gasteiger partial charge in [-0.3, -0.25) is 0 Å². The van der Waals surface area contributed by atoms with Gasteiger partial charge in [-0.05, 0) is 24.8 Å². The largest absolute Gasteiger partial charge is 0.399 e. The summed E-state index contributed by atoms with van der Waals surface area (Å²) in [6.07, 6.45) is 8.64. The molecule has 0 amide bonds. The maximum absolute atomic E-state index is 5.69. The number of nitrogens with two attached hydrogens (primary N) is 1. The summed E-state index contributed by atoms with van der Waals surface area (Å²) < 4.78 is 0. The summed E-state index contributed by atoms with van der Waals surface area (Å²) in [5, 5.41) is 3.36. The van der Waals surface area contributed by atoms with E-state index in [1.54, 1.807) is 6.20 Å². The quantitative estimate of drug-likeness (QED) is 0.797. The third kappa shape index (κ3) is 3.11.